The molecular formula is C45H67N3O7. The lowest BCUT2D eigenvalue weighted by atomic mass is 9.33. The first-order valence-corrected chi connectivity index (χ1v) is 20.8. The van der Waals surface area contributed by atoms with Gasteiger partial charge < -0.3 is 25.6 Å². The number of aliphatic carboxylic acids is 1. The predicted octanol–water partition coefficient (Wildman–Crippen LogP) is 7.12. The summed E-state index contributed by atoms with van der Waals surface area (Å²) in [4.78, 5) is 58.1. The van der Waals surface area contributed by atoms with E-state index in [9.17, 15) is 29.4 Å². The highest BCUT2D eigenvalue weighted by atomic mass is 16.5. The average Bonchev–Trinajstić information content (AvgIpc) is 3.42. The van der Waals surface area contributed by atoms with Crippen LogP contribution in [0, 0.1) is 56.2 Å². The van der Waals surface area contributed by atoms with Gasteiger partial charge in [-0.3, -0.25) is 24.2 Å². The molecule has 4 fully saturated rings. The zero-order valence-corrected chi connectivity index (χ0v) is 34.9. The zero-order valence-electron chi connectivity index (χ0n) is 34.9. The van der Waals surface area contributed by atoms with Gasteiger partial charge in [0.05, 0.1) is 24.5 Å². The number of aromatic nitrogens is 1. The Kier molecular flexibility index (Phi) is 10.8. The number of hydrogen-bond donors (Lipinski definition) is 3. The number of amides is 1. The van der Waals surface area contributed by atoms with Crippen LogP contribution in [0.15, 0.2) is 35.7 Å². The summed E-state index contributed by atoms with van der Waals surface area (Å²) < 4.78 is 6.16. The van der Waals surface area contributed by atoms with Gasteiger partial charge in [-0.1, -0.05) is 54.0 Å². The molecule has 10 nitrogen and oxygen atoms in total. The quantitative estimate of drug-likeness (QED) is 0.200. The molecule has 4 N–H and O–H groups in total. The van der Waals surface area contributed by atoms with E-state index in [1.54, 1.807) is 31.1 Å². The lowest BCUT2D eigenvalue weighted by Gasteiger charge is -2.72. The van der Waals surface area contributed by atoms with Gasteiger partial charge in [-0.25, -0.2) is 0 Å². The fraction of sp³-hybridized carbons (Fsp3) is 0.756. The third-order valence-electron chi connectivity index (χ3n) is 16.5. The van der Waals surface area contributed by atoms with E-state index in [1.807, 2.05) is 12.1 Å². The van der Waals surface area contributed by atoms with Gasteiger partial charge in [0.1, 0.15) is 6.10 Å². The Morgan fingerprint density at radius 1 is 0.964 bits per heavy atom. The summed E-state index contributed by atoms with van der Waals surface area (Å²) in [5.74, 6) is -0.620. The number of aliphatic hydroxyl groups is 1. The number of rotatable bonds is 11. The fourth-order valence-electron chi connectivity index (χ4n) is 13.4. The van der Waals surface area contributed by atoms with Crippen LogP contribution in [0.2, 0.25) is 0 Å². The maximum absolute atomic E-state index is 14.2. The number of aliphatic hydroxyl groups excluding tert-OH is 1. The van der Waals surface area contributed by atoms with E-state index in [0.717, 1.165) is 56.1 Å². The van der Waals surface area contributed by atoms with Gasteiger partial charge in [0.25, 0.3) is 0 Å². The average molecular weight is 762 g/mol. The highest BCUT2D eigenvalue weighted by molar-refractivity contribution is 6.00. The number of carbonyl (C=O) groups excluding carboxylic acids is 3. The van der Waals surface area contributed by atoms with Crippen molar-refractivity contribution in [2.24, 2.45) is 61.9 Å². The smallest absolute Gasteiger partial charge is 0.309 e. The first-order chi connectivity index (χ1) is 25.6. The molecule has 1 amide bonds. The molecule has 1 heterocycles. The Balaban J connectivity index is 1.30. The van der Waals surface area contributed by atoms with Gasteiger partial charge in [-0.05, 0) is 128 Å². The van der Waals surface area contributed by atoms with Crippen LogP contribution in [0.4, 0.5) is 0 Å². The number of ketones is 1. The number of allylic oxidation sites excluding steroid dienone is 1. The minimum atomic E-state index is -1.19. The van der Waals surface area contributed by atoms with Crippen molar-refractivity contribution in [3.05, 3.63) is 41.2 Å². The van der Waals surface area contributed by atoms with Gasteiger partial charge in [0, 0.05) is 42.7 Å². The molecule has 6 rings (SSSR count). The molecule has 55 heavy (non-hydrogen) atoms. The third kappa shape index (κ3) is 6.59. The van der Waals surface area contributed by atoms with Crippen LogP contribution >= 0.6 is 0 Å². The lowest BCUT2D eigenvalue weighted by Crippen LogP contribution is -2.66. The number of carboxylic acid groups (broad SMARTS) is 1. The Morgan fingerprint density at radius 3 is 2.25 bits per heavy atom. The van der Waals surface area contributed by atoms with Gasteiger partial charge in [-0.2, -0.15) is 0 Å². The number of nitrogens with zero attached hydrogens (tertiary/aromatic N) is 2. The molecule has 304 valence electrons. The SMILES string of the molecule is CC(C)C1=C2[C@H]3CC[C@@H]4[C@@]5(C)CC[C@H](OC(=O)CC(C)(C)C(=O)O)C(C)(C)[C@@H]5CC[C@@]4(C)[C@]3(C)CC[C@@]2([C@@H](O)CN(Cc2ccncc2)C(=O)CN)CC1=O. The normalized spacial score (nSPS) is 36.0. The number of Topliss-reactive ketones (excluding diaryl/α,β-unsaturated/α-hetero) is 1. The Bertz CT molecular complexity index is 1720. The van der Waals surface area contributed by atoms with Crippen LogP contribution in [0.3, 0.4) is 0 Å². The lowest BCUT2D eigenvalue weighted by molar-refractivity contribution is -0.235. The topological polar surface area (TPSA) is 160 Å². The molecule has 0 radical (unpaired) electrons. The number of fused-ring (bicyclic) bond motifs is 7. The maximum atomic E-state index is 14.2. The van der Waals surface area contributed by atoms with E-state index in [4.69, 9.17) is 10.5 Å². The van der Waals surface area contributed by atoms with E-state index in [-0.39, 0.29) is 77.2 Å². The summed E-state index contributed by atoms with van der Waals surface area (Å²) in [5, 5.41) is 22.1. The van der Waals surface area contributed by atoms with Crippen LogP contribution in [0.1, 0.15) is 132 Å². The van der Waals surface area contributed by atoms with Crippen LogP contribution in [-0.2, 0) is 30.5 Å². The van der Waals surface area contributed by atoms with Gasteiger partial charge >= 0.3 is 11.9 Å². The molecule has 0 spiro atoms. The number of pyridine rings is 1. The highest BCUT2D eigenvalue weighted by Gasteiger charge is 2.71. The molecule has 0 saturated heterocycles. The molecule has 5 aliphatic rings. The summed E-state index contributed by atoms with van der Waals surface area (Å²) in [6, 6.07) is 3.73. The van der Waals surface area contributed by atoms with E-state index in [1.165, 1.54) is 5.57 Å². The van der Waals surface area contributed by atoms with Crippen LogP contribution in [0.5, 0.6) is 0 Å². The monoisotopic (exact) mass is 761 g/mol. The number of hydrogen-bond acceptors (Lipinski definition) is 8. The molecule has 1 aromatic rings. The first-order valence-electron chi connectivity index (χ1n) is 20.8. The fourth-order valence-corrected chi connectivity index (χ4v) is 13.4. The predicted molar refractivity (Wildman–Crippen MR) is 210 cm³/mol. The first kappa shape index (κ1) is 41.5. The third-order valence-corrected chi connectivity index (χ3v) is 16.5. The van der Waals surface area contributed by atoms with Gasteiger partial charge in [0.15, 0.2) is 5.78 Å². The highest BCUT2D eigenvalue weighted by Crippen LogP contribution is 2.77. The Morgan fingerprint density at radius 2 is 1.64 bits per heavy atom. The molecular weight excluding hydrogens is 695 g/mol. The van der Waals surface area contributed by atoms with Crippen LogP contribution in [-0.4, -0.2) is 69.0 Å². The Labute approximate surface area is 328 Å². The molecule has 0 aliphatic heterocycles. The molecule has 0 bridgehead atoms. The maximum Gasteiger partial charge on any atom is 0.309 e. The second-order valence-corrected chi connectivity index (χ2v) is 20.4. The van der Waals surface area contributed by atoms with E-state index < -0.39 is 28.9 Å². The zero-order chi connectivity index (χ0) is 40.5. The molecule has 10 heteroatoms. The van der Waals surface area contributed by atoms with Crippen molar-refractivity contribution in [3.8, 4) is 0 Å². The van der Waals surface area contributed by atoms with Crippen LogP contribution < -0.4 is 5.73 Å². The standard InChI is InChI=1S/C45H67N3O7/c1-27(2)37-30(49)22-45(33(50)26-48(35(51)24-46)25-28-14-20-47-21-15-28)19-18-43(8)29(38(37)45)10-11-32-42(7)16-13-34(55-36(52)23-40(3,4)39(53)54)41(5,6)31(42)12-17-44(32,43)9/h14-15,20-21,27,29,31-34,50H,10-13,16-19,22-26,46H2,1-9H3,(H,53,54)/t29-,31+,32-,33+,34+,42+,43-,44-,45+/m1/s1. The van der Waals surface area contributed by atoms with Crippen molar-refractivity contribution in [1.29, 1.82) is 0 Å². The minimum absolute atomic E-state index is 0.0125. The number of esters is 1. The summed E-state index contributed by atoms with van der Waals surface area (Å²) in [6.07, 6.45) is 9.58. The largest absolute Gasteiger partial charge is 0.481 e. The second-order valence-electron chi connectivity index (χ2n) is 20.4. The van der Waals surface area contributed by atoms with Crippen molar-refractivity contribution in [2.75, 3.05) is 13.1 Å². The number of ether oxygens (including phenoxy) is 1. The summed E-state index contributed by atoms with van der Waals surface area (Å²) >= 11 is 0. The summed E-state index contributed by atoms with van der Waals surface area (Å²) in [6.45, 7) is 19.6. The number of carboxylic acids is 1. The Hall–Kier alpha value is -3.11. The molecule has 5 aliphatic carbocycles. The second kappa shape index (κ2) is 14.4. The number of carbonyl (C=O) groups is 4. The van der Waals surface area contributed by atoms with Crippen molar-refractivity contribution < 1.29 is 34.1 Å². The van der Waals surface area contributed by atoms with Crippen molar-refractivity contribution >= 4 is 23.6 Å². The molecule has 1 aromatic heterocycles. The van der Waals surface area contributed by atoms with Gasteiger partial charge in [0.2, 0.25) is 5.91 Å². The van der Waals surface area contributed by atoms with Gasteiger partial charge in [-0.15, -0.1) is 0 Å². The van der Waals surface area contributed by atoms with E-state index in [2.05, 4.69) is 53.5 Å². The van der Waals surface area contributed by atoms with E-state index >= 15 is 0 Å². The van der Waals surface area contributed by atoms with Crippen molar-refractivity contribution in [2.45, 2.75) is 145 Å². The van der Waals surface area contributed by atoms with Crippen molar-refractivity contribution in [3.63, 3.8) is 0 Å². The number of nitrogens with two attached hydrogens (primary N) is 1. The molecule has 0 aromatic carbocycles. The minimum Gasteiger partial charge on any atom is -0.481 e. The summed E-state index contributed by atoms with van der Waals surface area (Å²) in [5.41, 5.74) is 6.57. The summed E-state index contributed by atoms with van der Waals surface area (Å²) in [7, 11) is 0. The molecule has 4 saturated carbocycles. The molecule has 0 unspecified atom stereocenters. The van der Waals surface area contributed by atoms with E-state index in [0.29, 0.717) is 24.8 Å². The van der Waals surface area contributed by atoms with Crippen LogP contribution in [0.25, 0.3) is 0 Å². The molecule has 9 atom stereocenters. The van der Waals surface area contributed by atoms with Crippen molar-refractivity contribution in [1.82, 2.24) is 9.88 Å².